The van der Waals surface area contributed by atoms with Crippen LogP contribution in [0.3, 0.4) is 0 Å². The van der Waals surface area contributed by atoms with Gasteiger partial charge in [-0.2, -0.15) is 18.4 Å². The van der Waals surface area contributed by atoms with E-state index in [1.807, 2.05) is 24.3 Å². The van der Waals surface area contributed by atoms with Gasteiger partial charge in [0, 0.05) is 17.8 Å². The molecule has 8 nitrogen and oxygen atoms in total. The van der Waals surface area contributed by atoms with Gasteiger partial charge in [-0.25, -0.2) is 4.79 Å². The lowest BCUT2D eigenvalue weighted by molar-refractivity contribution is -0.131. The lowest BCUT2D eigenvalue weighted by Crippen LogP contribution is -2.20. The summed E-state index contributed by atoms with van der Waals surface area (Å²) in [4.78, 5) is 24.4. The Morgan fingerprint density at radius 1 is 0.935 bits per heavy atom. The Labute approximate surface area is 179 Å². The second-order valence-electron chi connectivity index (χ2n) is 6.54. The number of carboxylic acid groups (broad SMARTS) is 1. The first-order valence-corrected chi connectivity index (χ1v) is 10.6. The predicted molar refractivity (Wildman–Crippen MR) is 118 cm³/mol. The van der Waals surface area contributed by atoms with Crippen molar-refractivity contribution in [1.29, 1.82) is 0 Å². The zero-order chi connectivity index (χ0) is 22.4. The fourth-order valence-electron chi connectivity index (χ4n) is 2.71. The highest BCUT2D eigenvalue weighted by Gasteiger charge is 2.13. The standard InChI is InChI=1S/C22H19N3O5S/c1-15(16-6-9-19(10-7-16)23-21(26)12-13-22(27)28)24-25-31(29,30)20-11-8-17-4-2-3-5-18(17)14-20/h2-14,25H,1H3,(H,23,26)(H,27,28)/b13-12+,24-15-. The number of amides is 1. The van der Waals surface area contributed by atoms with E-state index in [1.165, 1.54) is 6.07 Å². The van der Waals surface area contributed by atoms with Gasteiger partial charge in [0.05, 0.1) is 10.6 Å². The average Bonchev–Trinajstić information content (AvgIpc) is 2.76. The molecule has 0 unspecified atom stereocenters. The molecule has 9 heteroatoms. The minimum Gasteiger partial charge on any atom is -0.478 e. The number of nitrogens with one attached hydrogen (secondary N) is 2. The predicted octanol–water partition coefficient (Wildman–Crippen LogP) is 3.12. The van der Waals surface area contributed by atoms with Gasteiger partial charge in [-0.1, -0.05) is 42.5 Å². The summed E-state index contributed by atoms with van der Waals surface area (Å²) in [6.07, 6.45) is 1.65. The molecule has 0 aromatic heterocycles. The molecule has 0 saturated carbocycles. The van der Waals surface area contributed by atoms with Crippen molar-refractivity contribution in [2.75, 3.05) is 5.32 Å². The summed E-state index contributed by atoms with van der Waals surface area (Å²) in [5, 5.41) is 16.8. The number of hydrogen-bond acceptors (Lipinski definition) is 5. The van der Waals surface area contributed by atoms with Crippen LogP contribution in [0.4, 0.5) is 5.69 Å². The van der Waals surface area contributed by atoms with Crippen LogP contribution in [-0.4, -0.2) is 31.1 Å². The number of carbonyl (C=O) groups is 2. The maximum atomic E-state index is 12.6. The van der Waals surface area contributed by atoms with E-state index < -0.39 is 21.9 Å². The first kappa shape index (κ1) is 21.7. The number of nitrogens with zero attached hydrogens (tertiary/aromatic N) is 1. The molecule has 0 saturated heterocycles. The molecule has 158 valence electrons. The maximum Gasteiger partial charge on any atom is 0.328 e. The number of hydrazone groups is 1. The van der Waals surface area contributed by atoms with Crippen molar-refractivity contribution in [3.63, 3.8) is 0 Å². The number of anilines is 1. The molecule has 0 radical (unpaired) electrons. The number of carbonyl (C=O) groups excluding carboxylic acids is 1. The van der Waals surface area contributed by atoms with Crippen molar-refractivity contribution < 1.29 is 23.1 Å². The number of carboxylic acids is 1. The van der Waals surface area contributed by atoms with E-state index in [1.54, 1.807) is 43.3 Å². The van der Waals surface area contributed by atoms with Crippen molar-refractivity contribution >= 4 is 44.1 Å². The summed E-state index contributed by atoms with van der Waals surface area (Å²) in [6, 6.07) is 18.8. The quantitative estimate of drug-likeness (QED) is 0.298. The van der Waals surface area contributed by atoms with E-state index in [4.69, 9.17) is 5.11 Å². The number of rotatable bonds is 7. The molecule has 3 rings (SSSR count). The summed E-state index contributed by atoms with van der Waals surface area (Å²) in [6.45, 7) is 1.64. The summed E-state index contributed by atoms with van der Waals surface area (Å²) in [5.74, 6) is -1.80. The molecule has 0 aliphatic carbocycles. The Morgan fingerprint density at radius 3 is 2.29 bits per heavy atom. The van der Waals surface area contributed by atoms with Gasteiger partial charge in [-0.15, -0.1) is 0 Å². The molecule has 1 amide bonds. The number of sulfonamides is 1. The number of aliphatic carboxylic acids is 1. The molecular formula is C22H19N3O5S. The zero-order valence-corrected chi connectivity index (χ0v) is 17.3. The van der Waals surface area contributed by atoms with Crippen LogP contribution in [-0.2, 0) is 19.6 Å². The first-order valence-electron chi connectivity index (χ1n) is 9.12. The third-order valence-corrected chi connectivity index (χ3v) is 5.52. The molecule has 0 aliphatic heterocycles. The highest BCUT2D eigenvalue weighted by Crippen LogP contribution is 2.19. The van der Waals surface area contributed by atoms with Gasteiger partial charge in [0.1, 0.15) is 0 Å². The van der Waals surface area contributed by atoms with Crippen molar-refractivity contribution in [2.24, 2.45) is 5.10 Å². The number of benzene rings is 3. The zero-order valence-electron chi connectivity index (χ0n) is 16.4. The molecule has 0 heterocycles. The lowest BCUT2D eigenvalue weighted by Gasteiger charge is -2.07. The summed E-state index contributed by atoms with van der Waals surface area (Å²) >= 11 is 0. The smallest absolute Gasteiger partial charge is 0.328 e. The molecule has 0 aliphatic rings. The third kappa shape index (κ3) is 5.77. The van der Waals surface area contributed by atoms with E-state index in [0.717, 1.165) is 22.9 Å². The van der Waals surface area contributed by atoms with E-state index in [0.29, 0.717) is 17.0 Å². The van der Waals surface area contributed by atoms with Crippen LogP contribution < -0.4 is 10.1 Å². The fraction of sp³-hybridized carbons (Fsp3) is 0.0455. The van der Waals surface area contributed by atoms with Crippen LogP contribution in [0.2, 0.25) is 0 Å². The van der Waals surface area contributed by atoms with Gasteiger partial charge >= 0.3 is 5.97 Å². The van der Waals surface area contributed by atoms with E-state index in [-0.39, 0.29) is 4.90 Å². The lowest BCUT2D eigenvalue weighted by atomic mass is 10.1. The van der Waals surface area contributed by atoms with Crippen LogP contribution in [0.1, 0.15) is 12.5 Å². The topological polar surface area (TPSA) is 125 Å². The van der Waals surface area contributed by atoms with Crippen molar-refractivity contribution in [2.45, 2.75) is 11.8 Å². The van der Waals surface area contributed by atoms with Crippen LogP contribution >= 0.6 is 0 Å². The number of fused-ring (bicyclic) bond motifs is 1. The molecule has 0 bridgehead atoms. The molecule has 0 atom stereocenters. The van der Waals surface area contributed by atoms with Crippen molar-refractivity contribution in [1.82, 2.24) is 4.83 Å². The Hall–Kier alpha value is -3.98. The average molecular weight is 437 g/mol. The highest BCUT2D eigenvalue weighted by molar-refractivity contribution is 7.89. The third-order valence-electron chi connectivity index (χ3n) is 4.31. The van der Waals surface area contributed by atoms with Gasteiger partial charge in [-0.05, 0) is 47.5 Å². The normalized spacial score (nSPS) is 12.1. The summed E-state index contributed by atoms with van der Waals surface area (Å²) in [7, 11) is -3.84. The minimum atomic E-state index is -3.84. The second kappa shape index (κ2) is 9.23. The fourth-order valence-corrected chi connectivity index (χ4v) is 3.60. The van der Waals surface area contributed by atoms with Gasteiger partial charge in [-0.3, -0.25) is 4.79 Å². The van der Waals surface area contributed by atoms with E-state index >= 15 is 0 Å². The SMILES string of the molecule is C/C(=N/NS(=O)(=O)c1ccc2ccccc2c1)c1ccc(NC(=O)/C=C/C(=O)O)cc1. The number of hydrogen-bond donors (Lipinski definition) is 3. The van der Waals surface area contributed by atoms with Crippen LogP contribution in [0, 0.1) is 0 Å². The first-order chi connectivity index (χ1) is 14.7. The molecular weight excluding hydrogens is 418 g/mol. The maximum absolute atomic E-state index is 12.6. The second-order valence-corrected chi connectivity index (χ2v) is 8.20. The summed E-state index contributed by atoms with van der Waals surface area (Å²) < 4.78 is 25.2. The Balaban J connectivity index is 1.70. The summed E-state index contributed by atoms with van der Waals surface area (Å²) in [5.41, 5.74) is 1.52. The molecule has 3 aromatic carbocycles. The minimum absolute atomic E-state index is 0.107. The van der Waals surface area contributed by atoms with Crippen molar-refractivity contribution in [3.05, 3.63) is 84.4 Å². The molecule has 3 N–H and O–H groups in total. The Bertz CT molecular complexity index is 1300. The van der Waals surface area contributed by atoms with Gasteiger partial charge < -0.3 is 10.4 Å². The van der Waals surface area contributed by atoms with Crippen LogP contribution in [0.25, 0.3) is 10.8 Å². The Kier molecular flexibility index (Phi) is 6.46. The van der Waals surface area contributed by atoms with Gasteiger partial charge in [0.25, 0.3) is 10.0 Å². The largest absolute Gasteiger partial charge is 0.478 e. The molecule has 0 fully saturated rings. The molecule has 0 spiro atoms. The van der Waals surface area contributed by atoms with Crippen LogP contribution in [0.5, 0.6) is 0 Å². The van der Waals surface area contributed by atoms with Gasteiger partial charge in [0.2, 0.25) is 5.91 Å². The monoisotopic (exact) mass is 437 g/mol. The molecule has 31 heavy (non-hydrogen) atoms. The van der Waals surface area contributed by atoms with Crippen molar-refractivity contribution in [3.8, 4) is 0 Å². The van der Waals surface area contributed by atoms with E-state index in [2.05, 4.69) is 15.2 Å². The van der Waals surface area contributed by atoms with Gasteiger partial charge in [0.15, 0.2) is 0 Å². The van der Waals surface area contributed by atoms with Crippen LogP contribution in [0.15, 0.2) is 88.9 Å². The molecule has 3 aromatic rings. The highest BCUT2D eigenvalue weighted by atomic mass is 32.2. The van der Waals surface area contributed by atoms with E-state index in [9.17, 15) is 18.0 Å². The Morgan fingerprint density at radius 2 is 1.61 bits per heavy atom.